The summed E-state index contributed by atoms with van der Waals surface area (Å²) in [7, 11) is 0. The number of rotatable bonds is 3. The predicted molar refractivity (Wildman–Crippen MR) is 48.9 cm³/mol. The molecule has 1 aliphatic carbocycles. The van der Waals surface area contributed by atoms with E-state index in [0.717, 1.165) is 12.8 Å². The van der Waals surface area contributed by atoms with Crippen LogP contribution in [0.3, 0.4) is 0 Å². The zero-order chi connectivity index (χ0) is 10.1. The van der Waals surface area contributed by atoms with Crippen LogP contribution < -0.4 is 5.32 Å². The lowest BCUT2D eigenvalue weighted by atomic mass is 10.4. The average Bonchev–Trinajstić information content (AvgIpc) is 2.82. The van der Waals surface area contributed by atoms with E-state index < -0.39 is 0 Å². The first-order valence-corrected chi connectivity index (χ1v) is 4.81. The molecule has 1 amide bonds. The Morgan fingerprint density at radius 3 is 2.86 bits per heavy atom. The van der Waals surface area contributed by atoms with Gasteiger partial charge in [0.1, 0.15) is 0 Å². The van der Waals surface area contributed by atoms with Crippen LogP contribution in [0, 0.1) is 0 Å². The fraction of sp³-hybridized carbons (Fsp3) is 0.667. The molecule has 5 nitrogen and oxygen atoms in total. The highest BCUT2D eigenvalue weighted by molar-refractivity contribution is 5.90. The summed E-state index contributed by atoms with van der Waals surface area (Å²) in [4.78, 5) is 15.5. The lowest BCUT2D eigenvalue weighted by molar-refractivity contribution is 0.0929. The van der Waals surface area contributed by atoms with Gasteiger partial charge in [-0.3, -0.25) is 4.79 Å². The van der Waals surface area contributed by atoms with Gasteiger partial charge in [0.05, 0.1) is 0 Å². The van der Waals surface area contributed by atoms with Crippen molar-refractivity contribution in [1.29, 1.82) is 0 Å². The molecule has 1 heterocycles. The highest BCUT2D eigenvalue weighted by Crippen LogP contribution is 2.38. The van der Waals surface area contributed by atoms with Gasteiger partial charge in [0.15, 0.2) is 0 Å². The number of carbonyl (C=O) groups is 1. The van der Waals surface area contributed by atoms with Gasteiger partial charge in [-0.15, -0.1) is 0 Å². The molecule has 1 fully saturated rings. The molecule has 0 atom stereocenters. The van der Waals surface area contributed by atoms with E-state index in [2.05, 4.69) is 15.5 Å². The third-order valence-electron chi connectivity index (χ3n) is 1.99. The van der Waals surface area contributed by atoms with E-state index in [0.29, 0.717) is 11.8 Å². The molecule has 1 N–H and O–H groups in total. The zero-order valence-electron chi connectivity index (χ0n) is 8.28. The van der Waals surface area contributed by atoms with E-state index in [-0.39, 0.29) is 17.8 Å². The van der Waals surface area contributed by atoms with E-state index in [1.165, 1.54) is 0 Å². The van der Waals surface area contributed by atoms with Gasteiger partial charge < -0.3 is 9.84 Å². The van der Waals surface area contributed by atoms with Crippen LogP contribution in [0.25, 0.3) is 0 Å². The monoisotopic (exact) mass is 195 g/mol. The van der Waals surface area contributed by atoms with Crippen molar-refractivity contribution < 1.29 is 9.32 Å². The predicted octanol–water partition coefficient (Wildman–Crippen LogP) is 1.09. The van der Waals surface area contributed by atoms with Crippen LogP contribution in [0.2, 0.25) is 0 Å². The maximum absolute atomic E-state index is 11.4. The molecule has 2 rings (SSSR count). The number of hydrogen-bond donors (Lipinski definition) is 1. The maximum Gasteiger partial charge on any atom is 0.292 e. The summed E-state index contributed by atoms with van der Waals surface area (Å²) < 4.78 is 4.97. The molecule has 1 aromatic rings. The molecule has 5 heteroatoms. The number of amides is 1. The van der Waals surface area contributed by atoms with E-state index in [9.17, 15) is 4.79 Å². The molecule has 0 unspecified atom stereocenters. The molecule has 1 saturated carbocycles. The Morgan fingerprint density at radius 1 is 1.57 bits per heavy atom. The second-order valence-corrected chi connectivity index (χ2v) is 3.86. The highest BCUT2D eigenvalue weighted by Gasteiger charge is 2.30. The van der Waals surface area contributed by atoms with Gasteiger partial charge in [0.25, 0.3) is 11.7 Å². The van der Waals surface area contributed by atoms with Gasteiger partial charge >= 0.3 is 0 Å². The summed E-state index contributed by atoms with van der Waals surface area (Å²) in [6, 6.07) is 0.0883. The van der Waals surface area contributed by atoms with Gasteiger partial charge in [-0.2, -0.15) is 4.98 Å². The molecule has 0 aromatic carbocycles. The minimum Gasteiger partial charge on any atom is -0.347 e. The summed E-state index contributed by atoms with van der Waals surface area (Å²) in [6.45, 7) is 3.78. The standard InChI is InChI=1S/C9H13N3O2/c1-5(2)10-8(13)7-11-9(14-12-7)6-3-4-6/h5-6H,3-4H2,1-2H3,(H,10,13). The number of nitrogens with one attached hydrogen (secondary N) is 1. The van der Waals surface area contributed by atoms with Crippen LogP contribution in [-0.2, 0) is 0 Å². The second-order valence-electron chi connectivity index (χ2n) is 3.86. The number of carbonyl (C=O) groups excluding carboxylic acids is 1. The lowest BCUT2D eigenvalue weighted by Gasteiger charge is -2.03. The van der Waals surface area contributed by atoms with Crippen molar-refractivity contribution in [3.63, 3.8) is 0 Å². The molecule has 76 valence electrons. The third-order valence-corrected chi connectivity index (χ3v) is 1.99. The van der Waals surface area contributed by atoms with Crippen LogP contribution in [0.4, 0.5) is 0 Å². The van der Waals surface area contributed by atoms with E-state index in [4.69, 9.17) is 4.52 Å². The minimum atomic E-state index is -0.268. The number of aromatic nitrogens is 2. The van der Waals surface area contributed by atoms with Gasteiger partial charge in [-0.1, -0.05) is 5.16 Å². The van der Waals surface area contributed by atoms with Gasteiger partial charge in [0, 0.05) is 12.0 Å². The molecule has 1 aliphatic rings. The molecular formula is C9H13N3O2. The highest BCUT2D eigenvalue weighted by atomic mass is 16.5. The van der Waals surface area contributed by atoms with Crippen LogP contribution in [0.5, 0.6) is 0 Å². The Morgan fingerprint density at radius 2 is 2.29 bits per heavy atom. The SMILES string of the molecule is CC(C)NC(=O)c1noc(C2CC2)n1. The zero-order valence-corrected chi connectivity index (χ0v) is 8.28. The van der Waals surface area contributed by atoms with Crippen molar-refractivity contribution >= 4 is 5.91 Å². The van der Waals surface area contributed by atoms with Crippen molar-refractivity contribution in [3.8, 4) is 0 Å². The second kappa shape index (κ2) is 3.40. The Hall–Kier alpha value is -1.39. The molecule has 0 saturated heterocycles. The van der Waals surface area contributed by atoms with Crippen LogP contribution in [-0.4, -0.2) is 22.1 Å². The van der Waals surface area contributed by atoms with E-state index in [1.807, 2.05) is 13.8 Å². The van der Waals surface area contributed by atoms with Gasteiger partial charge in [0.2, 0.25) is 5.89 Å². The first kappa shape index (κ1) is 9.18. The van der Waals surface area contributed by atoms with Crippen LogP contribution >= 0.6 is 0 Å². The van der Waals surface area contributed by atoms with E-state index in [1.54, 1.807) is 0 Å². The first-order chi connectivity index (χ1) is 6.66. The molecule has 0 spiro atoms. The smallest absolute Gasteiger partial charge is 0.292 e. The van der Waals surface area contributed by atoms with E-state index >= 15 is 0 Å². The largest absolute Gasteiger partial charge is 0.347 e. The van der Waals surface area contributed by atoms with Gasteiger partial charge in [-0.25, -0.2) is 0 Å². The molecular weight excluding hydrogens is 182 g/mol. The molecule has 14 heavy (non-hydrogen) atoms. The normalized spacial score (nSPS) is 15.9. The Balaban J connectivity index is 2.04. The number of nitrogens with zero attached hydrogens (tertiary/aromatic N) is 2. The van der Waals surface area contributed by atoms with Crippen molar-refractivity contribution in [2.45, 2.75) is 38.6 Å². The molecule has 0 aliphatic heterocycles. The Bertz CT molecular complexity index is 342. The third kappa shape index (κ3) is 1.92. The van der Waals surface area contributed by atoms with Gasteiger partial charge in [-0.05, 0) is 26.7 Å². The topological polar surface area (TPSA) is 68.0 Å². The Labute approximate surface area is 81.9 Å². The summed E-state index contributed by atoms with van der Waals surface area (Å²) in [5.74, 6) is 0.859. The Kier molecular flexibility index (Phi) is 2.23. The van der Waals surface area contributed by atoms with Crippen molar-refractivity contribution in [2.24, 2.45) is 0 Å². The maximum atomic E-state index is 11.4. The quantitative estimate of drug-likeness (QED) is 0.783. The summed E-state index contributed by atoms with van der Waals surface area (Å²) in [5.41, 5.74) is 0. The first-order valence-electron chi connectivity index (χ1n) is 4.81. The van der Waals surface area contributed by atoms with Crippen LogP contribution in [0.1, 0.15) is 49.1 Å². The molecule has 1 aromatic heterocycles. The fourth-order valence-corrected chi connectivity index (χ4v) is 1.15. The van der Waals surface area contributed by atoms with Crippen molar-refractivity contribution in [2.75, 3.05) is 0 Å². The fourth-order valence-electron chi connectivity index (χ4n) is 1.15. The molecule has 0 bridgehead atoms. The summed E-state index contributed by atoms with van der Waals surface area (Å²) in [6.07, 6.45) is 2.18. The van der Waals surface area contributed by atoms with Crippen molar-refractivity contribution in [1.82, 2.24) is 15.5 Å². The van der Waals surface area contributed by atoms with Crippen LogP contribution in [0.15, 0.2) is 4.52 Å². The van der Waals surface area contributed by atoms with Crippen molar-refractivity contribution in [3.05, 3.63) is 11.7 Å². The lowest BCUT2D eigenvalue weighted by Crippen LogP contribution is -2.30. The average molecular weight is 195 g/mol. The molecule has 0 radical (unpaired) electrons. The minimum absolute atomic E-state index is 0.0883. The number of hydrogen-bond acceptors (Lipinski definition) is 4. The summed E-state index contributed by atoms with van der Waals surface area (Å²) >= 11 is 0. The summed E-state index contributed by atoms with van der Waals surface area (Å²) in [5, 5.41) is 6.34.